The van der Waals surface area contributed by atoms with Crippen molar-refractivity contribution in [3.63, 3.8) is 0 Å². The SMILES string of the molecule is CC1=C(C(=O)OC2CCCC2)C(c2cccc(NS(C)(=O)=O)c2)C2=C(CC(c3ccccc3)CC2=O)N1. The van der Waals surface area contributed by atoms with Crippen molar-refractivity contribution >= 4 is 27.5 Å². The minimum atomic E-state index is -3.50. The summed E-state index contributed by atoms with van der Waals surface area (Å²) < 4.78 is 32.2. The Hall–Kier alpha value is -3.39. The third kappa shape index (κ3) is 5.49. The first-order valence-corrected chi connectivity index (χ1v) is 14.7. The molecule has 2 atom stereocenters. The van der Waals surface area contributed by atoms with Gasteiger partial charge in [0.2, 0.25) is 10.0 Å². The number of carbonyl (C=O) groups excluding carboxylic acids is 2. The Morgan fingerprint density at radius 2 is 1.70 bits per heavy atom. The molecule has 8 heteroatoms. The fraction of sp³-hybridized carbons (Fsp3) is 0.379. The van der Waals surface area contributed by atoms with E-state index in [0.29, 0.717) is 40.9 Å². The molecule has 1 fully saturated rings. The highest BCUT2D eigenvalue weighted by molar-refractivity contribution is 7.92. The third-order valence-corrected chi connectivity index (χ3v) is 8.02. The van der Waals surface area contributed by atoms with E-state index >= 15 is 0 Å². The summed E-state index contributed by atoms with van der Waals surface area (Å²) >= 11 is 0. The van der Waals surface area contributed by atoms with Crippen LogP contribution in [0.5, 0.6) is 0 Å². The van der Waals surface area contributed by atoms with Gasteiger partial charge in [-0.2, -0.15) is 0 Å². The molecule has 2 aromatic carbocycles. The van der Waals surface area contributed by atoms with E-state index in [0.717, 1.165) is 43.2 Å². The third-order valence-electron chi connectivity index (χ3n) is 7.42. The number of sulfonamides is 1. The van der Waals surface area contributed by atoms with Gasteiger partial charge in [-0.05, 0) is 68.2 Å². The molecule has 3 aliphatic rings. The van der Waals surface area contributed by atoms with E-state index < -0.39 is 21.9 Å². The van der Waals surface area contributed by atoms with Crippen LogP contribution in [0.2, 0.25) is 0 Å². The van der Waals surface area contributed by atoms with E-state index in [1.165, 1.54) is 0 Å². The summed E-state index contributed by atoms with van der Waals surface area (Å²) in [4.78, 5) is 27.3. The molecule has 2 unspecified atom stereocenters. The van der Waals surface area contributed by atoms with E-state index in [1.54, 1.807) is 18.2 Å². The van der Waals surface area contributed by atoms with Gasteiger partial charge in [0.1, 0.15) is 6.10 Å². The average Bonchev–Trinajstić information content (AvgIpc) is 3.35. The number of anilines is 1. The van der Waals surface area contributed by atoms with E-state index in [2.05, 4.69) is 10.0 Å². The molecule has 0 aromatic heterocycles. The summed E-state index contributed by atoms with van der Waals surface area (Å²) in [5.74, 6) is -1.05. The van der Waals surface area contributed by atoms with E-state index in [-0.39, 0.29) is 17.8 Å². The Morgan fingerprint density at radius 3 is 2.41 bits per heavy atom. The lowest BCUT2D eigenvalue weighted by molar-refractivity contribution is -0.144. The first-order chi connectivity index (χ1) is 17.7. The van der Waals surface area contributed by atoms with Crippen LogP contribution in [0.25, 0.3) is 0 Å². The highest BCUT2D eigenvalue weighted by Crippen LogP contribution is 2.46. The molecule has 2 aliphatic carbocycles. The molecule has 2 aromatic rings. The summed E-state index contributed by atoms with van der Waals surface area (Å²) in [6, 6.07) is 16.9. The smallest absolute Gasteiger partial charge is 0.337 e. The number of carbonyl (C=O) groups is 2. The molecule has 5 rings (SSSR count). The lowest BCUT2D eigenvalue weighted by Crippen LogP contribution is -2.36. The molecular weight excluding hydrogens is 488 g/mol. The van der Waals surface area contributed by atoms with Crippen LogP contribution in [0.15, 0.2) is 77.1 Å². The molecule has 0 saturated heterocycles. The van der Waals surface area contributed by atoms with Crippen LogP contribution in [0.3, 0.4) is 0 Å². The average molecular weight is 521 g/mol. The van der Waals surface area contributed by atoms with Crippen LogP contribution in [0.4, 0.5) is 5.69 Å². The van der Waals surface area contributed by atoms with E-state index in [9.17, 15) is 18.0 Å². The van der Waals surface area contributed by atoms with E-state index in [1.807, 2.05) is 43.3 Å². The van der Waals surface area contributed by atoms with Crippen molar-refractivity contribution in [2.45, 2.75) is 63.4 Å². The van der Waals surface area contributed by atoms with Gasteiger partial charge in [-0.3, -0.25) is 9.52 Å². The van der Waals surface area contributed by atoms with Gasteiger partial charge in [0.25, 0.3) is 0 Å². The number of ether oxygens (including phenoxy) is 1. The molecule has 0 radical (unpaired) electrons. The molecule has 1 saturated carbocycles. The van der Waals surface area contributed by atoms with Gasteiger partial charge in [-0.15, -0.1) is 0 Å². The normalized spacial score (nSPS) is 22.5. The van der Waals surface area contributed by atoms with Crippen LogP contribution in [0.1, 0.15) is 68.4 Å². The molecule has 1 aliphatic heterocycles. The maximum absolute atomic E-state index is 13.7. The fourth-order valence-corrected chi connectivity index (χ4v) is 6.38. The van der Waals surface area contributed by atoms with Gasteiger partial charge in [-0.1, -0.05) is 42.5 Å². The zero-order chi connectivity index (χ0) is 26.2. The largest absolute Gasteiger partial charge is 0.459 e. The summed E-state index contributed by atoms with van der Waals surface area (Å²) in [7, 11) is -3.50. The second-order valence-electron chi connectivity index (χ2n) is 10.2. The van der Waals surface area contributed by atoms with Gasteiger partial charge in [0.05, 0.1) is 11.8 Å². The molecule has 2 N–H and O–H groups in total. The molecule has 0 spiro atoms. The van der Waals surface area contributed by atoms with Gasteiger partial charge in [-0.25, -0.2) is 13.2 Å². The number of hydrogen-bond acceptors (Lipinski definition) is 6. The highest BCUT2D eigenvalue weighted by Gasteiger charge is 2.42. The van der Waals surface area contributed by atoms with Gasteiger partial charge in [0.15, 0.2) is 5.78 Å². The zero-order valence-corrected chi connectivity index (χ0v) is 21.9. The number of esters is 1. The number of dihydropyridines is 1. The molecule has 1 heterocycles. The molecular formula is C29H32N2O5S. The number of nitrogens with one attached hydrogen (secondary N) is 2. The molecule has 7 nitrogen and oxygen atoms in total. The number of ketones is 1. The predicted octanol–water partition coefficient (Wildman–Crippen LogP) is 4.91. The monoisotopic (exact) mass is 520 g/mol. The van der Waals surface area contributed by atoms with Crippen molar-refractivity contribution in [3.8, 4) is 0 Å². The number of Topliss-reactive ketones (excluding diaryl/α,β-unsaturated/α-hetero) is 1. The second kappa shape index (κ2) is 10.2. The standard InChI is InChI=1S/C29H32N2O5S/c1-18-26(29(33)36-23-13-6-7-14-23)27(20-11-8-12-22(15-20)31-37(2,34)35)28-24(30-18)16-21(17-25(28)32)19-9-4-3-5-10-19/h3-5,8-12,15,21,23,27,30-31H,6-7,13-14,16-17H2,1-2H3. The first kappa shape index (κ1) is 25.3. The summed E-state index contributed by atoms with van der Waals surface area (Å²) in [6.07, 6.45) is 5.71. The Balaban J connectivity index is 1.57. The van der Waals surface area contributed by atoms with Gasteiger partial charge < -0.3 is 10.1 Å². The first-order valence-electron chi connectivity index (χ1n) is 12.8. The van der Waals surface area contributed by atoms with E-state index in [4.69, 9.17) is 4.74 Å². The Labute approximate surface area is 218 Å². The van der Waals surface area contributed by atoms with Crippen molar-refractivity contribution in [1.29, 1.82) is 0 Å². The Bertz CT molecular complexity index is 1390. The number of rotatable bonds is 6. The fourth-order valence-electron chi connectivity index (χ4n) is 5.82. The minimum absolute atomic E-state index is 0.0206. The van der Waals surface area contributed by atoms with Crippen molar-refractivity contribution in [2.75, 3.05) is 11.0 Å². The summed E-state index contributed by atoms with van der Waals surface area (Å²) in [6.45, 7) is 1.84. The van der Waals surface area contributed by atoms with Gasteiger partial charge >= 0.3 is 5.97 Å². The van der Waals surface area contributed by atoms with Crippen molar-refractivity contribution in [1.82, 2.24) is 5.32 Å². The lowest BCUT2D eigenvalue weighted by atomic mass is 9.71. The molecule has 37 heavy (non-hydrogen) atoms. The minimum Gasteiger partial charge on any atom is -0.459 e. The number of benzene rings is 2. The van der Waals surface area contributed by atoms with Crippen LogP contribution >= 0.6 is 0 Å². The van der Waals surface area contributed by atoms with Crippen molar-refractivity contribution in [2.24, 2.45) is 0 Å². The molecule has 0 bridgehead atoms. The summed E-state index contributed by atoms with van der Waals surface area (Å²) in [5.41, 5.74) is 4.61. The topological polar surface area (TPSA) is 102 Å². The second-order valence-corrected chi connectivity index (χ2v) is 12.0. The Kier molecular flexibility index (Phi) is 6.94. The van der Waals surface area contributed by atoms with Crippen LogP contribution in [0, 0.1) is 0 Å². The number of allylic oxidation sites excluding steroid dienone is 3. The quantitative estimate of drug-likeness (QED) is 0.525. The van der Waals surface area contributed by atoms with Crippen LogP contribution in [-0.4, -0.2) is 32.5 Å². The predicted molar refractivity (Wildman–Crippen MR) is 142 cm³/mol. The number of hydrogen-bond donors (Lipinski definition) is 2. The van der Waals surface area contributed by atoms with Gasteiger partial charge in [0, 0.05) is 35.0 Å². The Morgan fingerprint density at radius 1 is 1.00 bits per heavy atom. The lowest BCUT2D eigenvalue weighted by Gasteiger charge is -2.37. The zero-order valence-electron chi connectivity index (χ0n) is 21.1. The highest BCUT2D eigenvalue weighted by atomic mass is 32.2. The van der Waals surface area contributed by atoms with Crippen molar-refractivity contribution in [3.05, 3.63) is 88.3 Å². The van der Waals surface area contributed by atoms with Crippen molar-refractivity contribution < 1.29 is 22.7 Å². The van der Waals surface area contributed by atoms with Crippen LogP contribution < -0.4 is 10.0 Å². The molecule has 0 amide bonds. The maximum atomic E-state index is 13.7. The van der Waals surface area contributed by atoms with Crippen LogP contribution in [-0.2, 0) is 24.3 Å². The molecule has 194 valence electrons. The maximum Gasteiger partial charge on any atom is 0.337 e. The summed E-state index contributed by atoms with van der Waals surface area (Å²) in [5, 5.41) is 3.38.